The summed E-state index contributed by atoms with van der Waals surface area (Å²) in [7, 11) is 0. The van der Waals surface area contributed by atoms with Crippen molar-refractivity contribution < 1.29 is 5.11 Å². The molecule has 2 atom stereocenters. The van der Waals surface area contributed by atoms with Crippen molar-refractivity contribution in [3.05, 3.63) is 0 Å². The Morgan fingerprint density at radius 2 is 1.88 bits per heavy atom. The van der Waals surface area contributed by atoms with E-state index in [1.807, 2.05) is 0 Å². The van der Waals surface area contributed by atoms with Crippen LogP contribution in [0.4, 0.5) is 0 Å². The van der Waals surface area contributed by atoms with Gasteiger partial charge in [0.15, 0.2) is 0 Å². The topological polar surface area (TPSA) is 20.2 Å². The Labute approximate surface area is 102 Å². The third kappa shape index (κ3) is 3.48. The molecule has 0 aromatic rings. The van der Waals surface area contributed by atoms with Crippen LogP contribution in [0.2, 0.25) is 0 Å². The van der Waals surface area contributed by atoms with Gasteiger partial charge in [-0.3, -0.25) is 0 Å². The Morgan fingerprint density at radius 3 is 2.44 bits per heavy atom. The summed E-state index contributed by atoms with van der Waals surface area (Å²) in [5.74, 6) is 0.491. The molecule has 16 heavy (non-hydrogen) atoms. The van der Waals surface area contributed by atoms with Crippen LogP contribution in [0.5, 0.6) is 0 Å². The van der Waals surface area contributed by atoms with Crippen LogP contribution in [-0.2, 0) is 0 Å². The second-order valence-electron chi connectivity index (χ2n) is 6.73. The maximum absolute atomic E-state index is 10.9. The smallest absolute Gasteiger partial charge is 0.0680 e. The van der Waals surface area contributed by atoms with E-state index in [1.165, 1.54) is 38.5 Å². The molecule has 0 bridgehead atoms. The second-order valence-corrected chi connectivity index (χ2v) is 6.73. The van der Waals surface area contributed by atoms with Crippen LogP contribution in [0, 0.1) is 11.3 Å². The second kappa shape index (κ2) is 5.53. The van der Waals surface area contributed by atoms with E-state index >= 15 is 0 Å². The molecule has 1 nitrogen and oxygen atoms in total. The quantitative estimate of drug-likeness (QED) is 0.698. The first-order chi connectivity index (χ1) is 7.40. The first kappa shape index (κ1) is 14.0. The summed E-state index contributed by atoms with van der Waals surface area (Å²) in [5.41, 5.74) is -0.118. The van der Waals surface area contributed by atoms with E-state index < -0.39 is 0 Å². The molecule has 1 heteroatoms. The van der Waals surface area contributed by atoms with Crippen molar-refractivity contribution in [2.75, 3.05) is 0 Å². The van der Waals surface area contributed by atoms with Crippen LogP contribution >= 0.6 is 0 Å². The van der Waals surface area contributed by atoms with Gasteiger partial charge in [-0.25, -0.2) is 0 Å². The number of unbranched alkanes of at least 4 members (excludes halogenated alkanes) is 2. The lowest BCUT2D eigenvalue weighted by Crippen LogP contribution is -2.46. The molecule has 1 rings (SSSR count). The average Bonchev–Trinajstić information content (AvgIpc) is 2.16. The molecule has 0 heterocycles. The van der Waals surface area contributed by atoms with Crippen molar-refractivity contribution in [3.63, 3.8) is 0 Å². The standard InChI is InChI=1S/C15H30O/c1-5-6-8-11-15(16)12-9-7-10-13(15)14(2,3)4/h13,16H,5-12H2,1-4H3. The SMILES string of the molecule is CCCCCC1(O)CCCCC1C(C)(C)C. The fraction of sp³-hybridized carbons (Fsp3) is 1.00. The largest absolute Gasteiger partial charge is 0.390 e. The molecule has 0 amide bonds. The summed E-state index contributed by atoms with van der Waals surface area (Å²) >= 11 is 0. The lowest BCUT2D eigenvalue weighted by atomic mass is 9.62. The molecule has 96 valence electrons. The Morgan fingerprint density at radius 1 is 1.19 bits per heavy atom. The first-order valence-corrected chi connectivity index (χ1v) is 7.12. The summed E-state index contributed by atoms with van der Waals surface area (Å²) in [6, 6.07) is 0. The van der Waals surface area contributed by atoms with Crippen LogP contribution in [0.15, 0.2) is 0 Å². The van der Waals surface area contributed by atoms with Gasteiger partial charge in [0.05, 0.1) is 5.60 Å². The molecule has 1 aliphatic carbocycles. The van der Waals surface area contributed by atoms with E-state index in [4.69, 9.17) is 0 Å². The van der Waals surface area contributed by atoms with Gasteiger partial charge in [-0.05, 0) is 30.6 Å². The molecule has 1 N–H and O–H groups in total. The zero-order valence-electron chi connectivity index (χ0n) is 11.7. The van der Waals surface area contributed by atoms with Gasteiger partial charge >= 0.3 is 0 Å². The van der Waals surface area contributed by atoms with Crippen LogP contribution < -0.4 is 0 Å². The average molecular weight is 226 g/mol. The van der Waals surface area contributed by atoms with Crippen molar-refractivity contribution in [1.82, 2.24) is 0 Å². The molecule has 2 unspecified atom stereocenters. The van der Waals surface area contributed by atoms with Crippen molar-refractivity contribution in [2.45, 2.75) is 84.7 Å². The predicted octanol–water partition coefficient (Wildman–Crippen LogP) is 4.53. The lowest BCUT2D eigenvalue weighted by Gasteiger charge is -2.47. The van der Waals surface area contributed by atoms with Gasteiger partial charge in [0.2, 0.25) is 0 Å². The molecule has 0 saturated heterocycles. The fourth-order valence-electron chi connectivity index (χ4n) is 3.44. The summed E-state index contributed by atoms with van der Waals surface area (Å²) in [4.78, 5) is 0. The first-order valence-electron chi connectivity index (χ1n) is 7.12. The molecule has 1 aliphatic rings. The molecular weight excluding hydrogens is 196 g/mol. The fourth-order valence-corrected chi connectivity index (χ4v) is 3.44. The molecule has 1 fully saturated rings. The van der Waals surface area contributed by atoms with Crippen LogP contribution in [0.25, 0.3) is 0 Å². The van der Waals surface area contributed by atoms with E-state index in [-0.39, 0.29) is 11.0 Å². The lowest BCUT2D eigenvalue weighted by molar-refractivity contribution is -0.0960. The van der Waals surface area contributed by atoms with E-state index in [0.29, 0.717) is 5.92 Å². The van der Waals surface area contributed by atoms with Gasteiger partial charge in [0.25, 0.3) is 0 Å². The minimum absolute atomic E-state index is 0.251. The molecule has 0 aromatic carbocycles. The molecule has 0 aliphatic heterocycles. The van der Waals surface area contributed by atoms with Gasteiger partial charge in [0, 0.05) is 0 Å². The summed E-state index contributed by atoms with van der Waals surface area (Å²) in [6.45, 7) is 9.08. The molecular formula is C15H30O. The van der Waals surface area contributed by atoms with Crippen molar-refractivity contribution in [2.24, 2.45) is 11.3 Å². The Kier molecular flexibility index (Phi) is 4.85. The molecule has 0 aromatic heterocycles. The van der Waals surface area contributed by atoms with Gasteiger partial charge in [0.1, 0.15) is 0 Å². The maximum atomic E-state index is 10.9. The number of hydrogen-bond donors (Lipinski definition) is 1. The maximum Gasteiger partial charge on any atom is 0.0680 e. The van der Waals surface area contributed by atoms with Crippen molar-refractivity contribution in [3.8, 4) is 0 Å². The van der Waals surface area contributed by atoms with E-state index in [2.05, 4.69) is 27.7 Å². The number of hydrogen-bond acceptors (Lipinski definition) is 1. The Hall–Kier alpha value is -0.0400. The highest BCUT2D eigenvalue weighted by atomic mass is 16.3. The number of aliphatic hydroxyl groups is 1. The summed E-state index contributed by atoms with van der Waals surface area (Å²) < 4.78 is 0. The minimum Gasteiger partial charge on any atom is -0.390 e. The predicted molar refractivity (Wildman–Crippen MR) is 70.5 cm³/mol. The third-order valence-electron chi connectivity index (χ3n) is 4.26. The Bertz CT molecular complexity index is 204. The molecule has 0 radical (unpaired) electrons. The van der Waals surface area contributed by atoms with Crippen molar-refractivity contribution >= 4 is 0 Å². The highest BCUT2D eigenvalue weighted by Crippen LogP contribution is 2.46. The van der Waals surface area contributed by atoms with Crippen LogP contribution in [0.1, 0.15) is 79.1 Å². The molecule has 1 saturated carbocycles. The zero-order chi connectivity index (χ0) is 12.2. The van der Waals surface area contributed by atoms with E-state index in [9.17, 15) is 5.11 Å². The van der Waals surface area contributed by atoms with Crippen LogP contribution in [0.3, 0.4) is 0 Å². The summed E-state index contributed by atoms with van der Waals surface area (Å²) in [6.07, 6.45) is 9.48. The normalized spacial score (nSPS) is 31.7. The van der Waals surface area contributed by atoms with Gasteiger partial charge in [-0.15, -0.1) is 0 Å². The van der Waals surface area contributed by atoms with Gasteiger partial charge in [-0.2, -0.15) is 0 Å². The highest BCUT2D eigenvalue weighted by molar-refractivity contribution is 4.95. The summed E-state index contributed by atoms with van der Waals surface area (Å²) in [5, 5.41) is 10.9. The highest BCUT2D eigenvalue weighted by Gasteiger charge is 2.43. The van der Waals surface area contributed by atoms with E-state index in [1.54, 1.807) is 0 Å². The Balaban J connectivity index is 2.64. The van der Waals surface area contributed by atoms with Crippen LogP contribution in [-0.4, -0.2) is 10.7 Å². The zero-order valence-corrected chi connectivity index (χ0v) is 11.7. The molecule has 0 spiro atoms. The monoisotopic (exact) mass is 226 g/mol. The minimum atomic E-state index is -0.369. The van der Waals surface area contributed by atoms with Gasteiger partial charge < -0.3 is 5.11 Å². The number of rotatable bonds is 4. The van der Waals surface area contributed by atoms with E-state index in [0.717, 1.165) is 12.8 Å². The van der Waals surface area contributed by atoms with Crippen molar-refractivity contribution in [1.29, 1.82) is 0 Å². The third-order valence-corrected chi connectivity index (χ3v) is 4.26. The van der Waals surface area contributed by atoms with Gasteiger partial charge in [-0.1, -0.05) is 59.8 Å².